The monoisotopic (exact) mass is 503 g/mol. The van der Waals surface area contributed by atoms with Crippen molar-refractivity contribution in [1.29, 1.82) is 0 Å². The summed E-state index contributed by atoms with van der Waals surface area (Å²) in [4.78, 5) is 17.8. The molecule has 1 atom stereocenters. The largest absolute Gasteiger partial charge is 0.360 e. The Balaban J connectivity index is 1.17. The van der Waals surface area contributed by atoms with Crippen LogP contribution in [0, 0.1) is 19.8 Å². The lowest BCUT2D eigenvalue weighted by Crippen LogP contribution is -2.47. The predicted octanol–water partition coefficient (Wildman–Crippen LogP) is 2.02. The van der Waals surface area contributed by atoms with Crippen LogP contribution in [0.5, 0.6) is 0 Å². The van der Waals surface area contributed by atoms with E-state index < -0.39 is 10.0 Å². The highest BCUT2D eigenvalue weighted by atomic mass is 32.2. The molecule has 1 amide bonds. The average Bonchev–Trinajstić information content (AvgIpc) is 3.22. The fourth-order valence-electron chi connectivity index (χ4n) is 5.02. The summed E-state index contributed by atoms with van der Waals surface area (Å²) in [7, 11) is -3.72. The number of hydrogen-bond donors (Lipinski definition) is 1. The van der Waals surface area contributed by atoms with Gasteiger partial charge in [-0.1, -0.05) is 35.5 Å². The normalized spacial score (nSPS) is 20.7. The van der Waals surface area contributed by atoms with Crippen molar-refractivity contribution in [2.75, 3.05) is 52.4 Å². The molecule has 3 heterocycles. The van der Waals surface area contributed by atoms with E-state index in [9.17, 15) is 13.2 Å². The van der Waals surface area contributed by atoms with E-state index in [0.717, 1.165) is 45.7 Å². The molecule has 0 spiro atoms. The van der Waals surface area contributed by atoms with Gasteiger partial charge in [0.2, 0.25) is 15.9 Å². The Morgan fingerprint density at radius 3 is 2.49 bits per heavy atom. The molecule has 2 aliphatic heterocycles. The third kappa shape index (κ3) is 6.49. The zero-order chi connectivity index (χ0) is 24.8. The van der Waals surface area contributed by atoms with Crippen molar-refractivity contribution in [2.24, 2.45) is 5.92 Å². The van der Waals surface area contributed by atoms with Crippen LogP contribution in [0.4, 0.5) is 0 Å². The summed E-state index contributed by atoms with van der Waals surface area (Å²) >= 11 is 0. The second kappa shape index (κ2) is 11.6. The highest BCUT2D eigenvalue weighted by Crippen LogP contribution is 2.27. The molecule has 1 aromatic carbocycles. The number of hydrogen-bond acceptors (Lipinski definition) is 7. The Hall–Kier alpha value is -2.27. The number of piperazine rings is 1. The lowest BCUT2D eigenvalue weighted by Gasteiger charge is -2.34. The summed E-state index contributed by atoms with van der Waals surface area (Å²) in [6, 6.07) is 10.6. The SMILES string of the molecule is Cc1noc(C)c1S(=O)(=O)N1CCC[C@H](C(=O)NCCCN2CCN(Cc3ccccc3)CC2)C1. The Kier molecular flexibility index (Phi) is 8.59. The van der Waals surface area contributed by atoms with Gasteiger partial charge in [0.1, 0.15) is 10.6 Å². The van der Waals surface area contributed by atoms with Gasteiger partial charge in [0.15, 0.2) is 5.76 Å². The lowest BCUT2D eigenvalue weighted by atomic mass is 9.99. The van der Waals surface area contributed by atoms with Crippen LogP contribution >= 0.6 is 0 Å². The number of aryl methyl sites for hydroxylation is 2. The molecular formula is C25H37N5O4S. The van der Waals surface area contributed by atoms with Gasteiger partial charge in [0, 0.05) is 52.4 Å². The molecule has 9 nitrogen and oxygen atoms in total. The first kappa shape index (κ1) is 25.8. The number of piperidine rings is 1. The van der Waals surface area contributed by atoms with Crippen LogP contribution in [-0.2, 0) is 21.4 Å². The topological polar surface area (TPSA) is 99.0 Å². The molecule has 4 rings (SSSR count). The maximum Gasteiger partial charge on any atom is 0.248 e. The summed E-state index contributed by atoms with van der Waals surface area (Å²) in [5.74, 6) is -0.105. The van der Waals surface area contributed by atoms with Crippen molar-refractivity contribution in [2.45, 2.75) is 44.6 Å². The average molecular weight is 504 g/mol. The number of rotatable bonds is 9. The fourth-order valence-corrected chi connectivity index (χ4v) is 6.83. The third-order valence-electron chi connectivity index (χ3n) is 6.98. The van der Waals surface area contributed by atoms with Crippen LogP contribution in [0.2, 0.25) is 0 Å². The fraction of sp³-hybridized carbons (Fsp3) is 0.600. The zero-order valence-corrected chi connectivity index (χ0v) is 21.6. The van der Waals surface area contributed by atoms with Crippen LogP contribution < -0.4 is 5.32 Å². The number of carbonyl (C=O) groups excluding carboxylic acids is 1. The van der Waals surface area contributed by atoms with Gasteiger partial charge in [-0.15, -0.1) is 0 Å². The number of benzene rings is 1. The number of carbonyl (C=O) groups is 1. The van der Waals surface area contributed by atoms with Crippen molar-refractivity contribution in [3.8, 4) is 0 Å². The highest BCUT2D eigenvalue weighted by Gasteiger charge is 2.36. The van der Waals surface area contributed by atoms with Gasteiger partial charge in [0.05, 0.1) is 5.92 Å². The molecule has 2 aliphatic rings. The van der Waals surface area contributed by atoms with Crippen molar-refractivity contribution in [1.82, 2.24) is 24.6 Å². The number of aromatic nitrogens is 1. The summed E-state index contributed by atoms with van der Waals surface area (Å²) in [6.45, 7) is 10.6. The summed E-state index contributed by atoms with van der Waals surface area (Å²) in [5, 5.41) is 6.81. The van der Waals surface area contributed by atoms with Crippen molar-refractivity contribution in [3.63, 3.8) is 0 Å². The maximum atomic E-state index is 13.1. The van der Waals surface area contributed by atoms with E-state index in [4.69, 9.17) is 4.52 Å². The van der Waals surface area contributed by atoms with Gasteiger partial charge in [-0.05, 0) is 45.2 Å². The molecule has 1 aromatic heterocycles. The van der Waals surface area contributed by atoms with E-state index in [1.165, 1.54) is 9.87 Å². The van der Waals surface area contributed by atoms with Gasteiger partial charge < -0.3 is 14.7 Å². The van der Waals surface area contributed by atoms with Crippen LogP contribution in [0.3, 0.4) is 0 Å². The van der Waals surface area contributed by atoms with Crippen molar-refractivity contribution < 1.29 is 17.7 Å². The number of nitrogens with zero attached hydrogens (tertiary/aromatic N) is 4. The van der Waals surface area contributed by atoms with Gasteiger partial charge in [0.25, 0.3) is 0 Å². The quantitative estimate of drug-likeness (QED) is 0.523. The van der Waals surface area contributed by atoms with E-state index in [0.29, 0.717) is 31.6 Å². The molecule has 2 saturated heterocycles. The predicted molar refractivity (Wildman–Crippen MR) is 133 cm³/mol. The summed E-state index contributed by atoms with van der Waals surface area (Å²) < 4.78 is 32.7. The molecular weight excluding hydrogens is 466 g/mol. The number of amides is 1. The van der Waals surface area contributed by atoms with Crippen molar-refractivity contribution >= 4 is 15.9 Å². The molecule has 2 aromatic rings. The van der Waals surface area contributed by atoms with Gasteiger partial charge in [-0.3, -0.25) is 9.69 Å². The van der Waals surface area contributed by atoms with Crippen LogP contribution in [-0.4, -0.2) is 85.9 Å². The van der Waals surface area contributed by atoms with Gasteiger partial charge >= 0.3 is 0 Å². The molecule has 0 radical (unpaired) electrons. The summed E-state index contributed by atoms with van der Waals surface area (Å²) in [6.07, 6.45) is 2.25. The molecule has 0 saturated carbocycles. The van der Waals surface area contributed by atoms with E-state index in [1.54, 1.807) is 13.8 Å². The van der Waals surface area contributed by atoms with Crippen LogP contribution in [0.1, 0.15) is 36.3 Å². The van der Waals surface area contributed by atoms with E-state index >= 15 is 0 Å². The minimum atomic E-state index is -3.72. The molecule has 0 aliphatic carbocycles. The standard InChI is InChI=1S/C25H37N5O4S/c1-20-24(21(2)34-27-20)35(32,33)30-13-6-10-23(19-30)25(31)26-11-7-12-28-14-16-29(17-15-28)18-22-8-4-3-5-9-22/h3-5,8-9,23H,6-7,10-19H2,1-2H3,(H,26,31)/t23-/m0/s1. The molecule has 2 fully saturated rings. The molecule has 0 unspecified atom stereocenters. The first-order chi connectivity index (χ1) is 16.8. The lowest BCUT2D eigenvalue weighted by molar-refractivity contribution is -0.126. The summed E-state index contributed by atoms with van der Waals surface area (Å²) in [5.41, 5.74) is 1.71. The van der Waals surface area contributed by atoms with Crippen LogP contribution in [0.25, 0.3) is 0 Å². The third-order valence-corrected chi connectivity index (χ3v) is 9.10. The smallest absolute Gasteiger partial charge is 0.248 e. The van der Waals surface area contributed by atoms with Gasteiger partial charge in [-0.2, -0.15) is 4.31 Å². The Labute approximate surface area is 208 Å². The van der Waals surface area contributed by atoms with Crippen LogP contribution in [0.15, 0.2) is 39.8 Å². The van der Waals surface area contributed by atoms with Gasteiger partial charge in [-0.25, -0.2) is 8.42 Å². The van der Waals surface area contributed by atoms with E-state index in [-0.39, 0.29) is 29.0 Å². The second-order valence-electron chi connectivity index (χ2n) is 9.60. The first-order valence-corrected chi connectivity index (χ1v) is 14.0. The van der Waals surface area contributed by atoms with E-state index in [1.807, 2.05) is 6.07 Å². The minimum absolute atomic E-state index is 0.0589. The molecule has 0 bridgehead atoms. The Morgan fingerprint density at radius 1 is 1.09 bits per heavy atom. The minimum Gasteiger partial charge on any atom is -0.360 e. The van der Waals surface area contributed by atoms with Crippen molar-refractivity contribution in [3.05, 3.63) is 47.3 Å². The molecule has 35 heavy (non-hydrogen) atoms. The van der Waals surface area contributed by atoms with E-state index in [2.05, 4.69) is 44.5 Å². The highest BCUT2D eigenvalue weighted by molar-refractivity contribution is 7.89. The number of sulfonamides is 1. The first-order valence-electron chi connectivity index (χ1n) is 12.5. The number of nitrogens with one attached hydrogen (secondary N) is 1. The maximum absolute atomic E-state index is 13.1. The zero-order valence-electron chi connectivity index (χ0n) is 20.8. The second-order valence-corrected chi connectivity index (χ2v) is 11.5. The molecule has 1 N–H and O–H groups in total. The molecule has 10 heteroatoms. The Morgan fingerprint density at radius 2 is 1.80 bits per heavy atom. The Bertz CT molecular complexity index is 1060. The molecule has 192 valence electrons.